The number of nitrogens with zero attached hydrogens (tertiary/aromatic N) is 2. The van der Waals surface area contributed by atoms with E-state index < -0.39 is 21.8 Å². The number of ether oxygens (including phenoxy) is 1. The van der Waals surface area contributed by atoms with Crippen LogP contribution in [-0.2, 0) is 11.3 Å². The Bertz CT molecular complexity index is 1020. The number of nitro groups is 1. The molecule has 0 spiro atoms. The summed E-state index contributed by atoms with van der Waals surface area (Å²) in [6.45, 7) is 2.01. The molecule has 0 aliphatic carbocycles. The van der Waals surface area contributed by atoms with Gasteiger partial charge in [0.05, 0.1) is 29.0 Å². The van der Waals surface area contributed by atoms with Crippen LogP contribution in [0.15, 0.2) is 41.3 Å². The van der Waals surface area contributed by atoms with Gasteiger partial charge in [-0.2, -0.15) is 0 Å². The molecule has 2 amide bonds. The average molecular weight is 400 g/mol. The van der Waals surface area contributed by atoms with Gasteiger partial charge < -0.3 is 9.84 Å². The fraction of sp³-hybridized carbons (Fsp3) is 0.158. The van der Waals surface area contributed by atoms with Gasteiger partial charge >= 0.3 is 5.69 Å². The SMILES string of the molecule is COc1c(O)ccc(/C=C2\SC(=O)N(Cc3ccccc3C)C2=O)c1[N+](=O)[O-]. The van der Waals surface area contributed by atoms with Crippen LogP contribution in [0.5, 0.6) is 11.5 Å². The lowest BCUT2D eigenvalue weighted by Gasteiger charge is -2.14. The summed E-state index contributed by atoms with van der Waals surface area (Å²) in [5, 5.41) is 20.7. The molecule has 0 aromatic heterocycles. The lowest BCUT2D eigenvalue weighted by molar-refractivity contribution is -0.386. The number of thioether (sulfide) groups is 1. The van der Waals surface area contributed by atoms with Gasteiger partial charge in [-0.1, -0.05) is 24.3 Å². The lowest BCUT2D eigenvalue weighted by Crippen LogP contribution is -2.27. The van der Waals surface area contributed by atoms with Gasteiger partial charge in [0.15, 0.2) is 5.75 Å². The predicted molar refractivity (Wildman–Crippen MR) is 104 cm³/mol. The molecule has 1 N–H and O–H groups in total. The molecule has 9 heteroatoms. The molecular weight excluding hydrogens is 384 g/mol. The molecule has 1 heterocycles. The number of imide groups is 1. The van der Waals surface area contributed by atoms with Crippen molar-refractivity contribution in [2.24, 2.45) is 0 Å². The van der Waals surface area contributed by atoms with E-state index in [1.807, 2.05) is 31.2 Å². The maximum Gasteiger partial charge on any atom is 0.322 e. The fourth-order valence-electron chi connectivity index (χ4n) is 2.82. The van der Waals surface area contributed by atoms with Crippen molar-refractivity contribution in [1.82, 2.24) is 4.90 Å². The first-order valence-corrected chi connectivity index (χ1v) is 8.99. The Morgan fingerprint density at radius 3 is 2.61 bits per heavy atom. The van der Waals surface area contributed by atoms with Crippen LogP contribution >= 0.6 is 11.8 Å². The maximum atomic E-state index is 12.7. The summed E-state index contributed by atoms with van der Waals surface area (Å²) < 4.78 is 4.91. The normalized spacial score (nSPS) is 15.4. The number of methoxy groups -OCH3 is 1. The molecule has 1 aliphatic rings. The minimum Gasteiger partial charge on any atom is -0.504 e. The molecule has 1 saturated heterocycles. The highest BCUT2D eigenvalue weighted by atomic mass is 32.2. The van der Waals surface area contributed by atoms with Gasteiger partial charge in [-0.05, 0) is 48.0 Å². The van der Waals surface area contributed by atoms with Crippen LogP contribution in [0, 0.1) is 17.0 Å². The molecule has 0 bridgehead atoms. The van der Waals surface area contributed by atoms with Crippen molar-refractivity contribution in [3.63, 3.8) is 0 Å². The molecule has 1 aliphatic heterocycles. The highest BCUT2D eigenvalue weighted by molar-refractivity contribution is 8.18. The van der Waals surface area contributed by atoms with Gasteiger partial charge in [0.1, 0.15) is 0 Å². The number of aromatic hydroxyl groups is 1. The first-order valence-electron chi connectivity index (χ1n) is 8.17. The van der Waals surface area contributed by atoms with E-state index >= 15 is 0 Å². The van der Waals surface area contributed by atoms with Crippen LogP contribution in [0.1, 0.15) is 16.7 Å². The summed E-state index contributed by atoms with van der Waals surface area (Å²) in [7, 11) is 1.20. The number of carbonyl (C=O) groups is 2. The molecule has 1 fully saturated rings. The number of phenols is 1. The van der Waals surface area contributed by atoms with Gasteiger partial charge in [0.2, 0.25) is 5.75 Å². The van der Waals surface area contributed by atoms with Crippen LogP contribution in [0.2, 0.25) is 0 Å². The zero-order valence-corrected chi connectivity index (χ0v) is 15.9. The average Bonchev–Trinajstić information content (AvgIpc) is 2.91. The van der Waals surface area contributed by atoms with Crippen molar-refractivity contribution in [2.45, 2.75) is 13.5 Å². The minimum atomic E-state index is -0.706. The smallest absolute Gasteiger partial charge is 0.322 e. The highest BCUT2D eigenvalue weighted by Crippen LogP contribution is 2.41. The Labute approximate surface area is 164 Å². The monoisotopic (exact) mass is 400 g/mol. The van der Waals surface area contributed by atoms with E-state index in [1.165, 1.54) is 25.3 Å². The van der Waals surface area contributed by atoms with Gasteiger partial charge in [0, 0.05) is 0 Å². The number of nitro benzene ring substituents is 1. The zero-order valence-electron chi connectivity index (χ0n) is 15.0. The van der Waals surface area contributed by atoms with Gasteiger partial charge in [-0.3, -0.25) is 24.6 Å². The number of hydrogen-bond donors (Lipinski definition) is 1. The summed E-state index contributed by atoms with van der Waals surface area (Å²) >= 11 is 0.712. The van der Waals surface area contributed by atoms with Crippen molar-refractivity contribution in [1.29, 1.82) is 0 Å². The van der Waals surface area contributed by atoms with E-state index in [2.05, 4.69) is 0 Å². The number of phenolic OH excluding ortho intramolecular Hbond substituents is 1. The van der Waals surface area contributed by atoms with Gasteiger partial charge in [-0.15, -0.1) is 0 Å². The highest BCUT2D eigenvalue weighted by Gasteiger charge is 2.36. The first-order chi connectivity index (χ1) is 13.3. The third-order valence-corrected chi connectivity index (χ3v) is 5.19. The maximum absolute atomic E-state index is 12.7. The minimum absolute atomic E-state index is 0.0565. The number of amides is 2. The quantitative estimate of drug-likeness (QED) is 0.461. The molecule has 8 nitrogen and oxygen atoms in total. The lowest BCUT2D eigenvalue weighted by atomic mass is 10.1. The molecule has 0 radical (unpaired) electrons. The topological polar surface area (TPSA) is 110 Å². The summed E-state index contributed by atoms with van der Waals surface area (Å²) in [4.78, 5) is 36.9. The van der Waals surface area contributed by atoms with Crippen LogP contribution in [0.25, 0.3) is 6.08 Å². The van der Waals surface area contributed by atoms with Crippen molar-refractivity contribution < 1.29 is 24.4 Å². The van der Waals surface area contributed by atoms with E-state index in [0.717, 1.165) is 16.0 Å². The summed E-state index contributed by atoms with van der Waals surface area (Å²) in [6, 6.07) is 9.93. The van der Waals surface area contributed by atoms with Crippen LogP contribution in [-0.4, -0.2) is 33.2 Å². The Morgan fingerprint density at radius 1 is 1.25 bits per heavy atom. The number of benzene rings is 2. The Balaban J connectivity index is 1.97. The van der Waals surface area contributed by atoms with E-state index in [4.69, 9.17) is 4.74 Å². The molecule has 0 atom stereocenters. The van der Waals surface area contributed by atoms with Crippen LogP contribution in [0.3, 0.4) is 0 Å². The summed E-state index contributed by atoms with van der Waals surface area (Å²) in [5.41, 5.74) is 1.36. The van der Waals surface area contributed by atoms with Gasteiger partial charge in [-0.25, -0.2) is 0 Å². The number of aryl methyl sites for hydroxylation is 1. The molecule has 0 unspecified atom stereocenters. The fourth-order valence-corrected chi connectivity index (χ4v) is 3.65. The first kappa shape index (κ1) is 19.4. The summed E-state index contributed by atoms with van der Waals surface area (Å²) in [6.07, 6.45) is 1.27. The zero-order chi connectivity index (χ0) is 20.4. The van der Waals surface area contributed by atoms with Crippen molar-refractivity contribution in [3.8, 4) is 11.5 Å². The second kappa shape index (κ2) is 7.73. The molecule has 3 rings (SSSR count). The molecule has 2 aromatic rings. The standard InChI is InChI=1S/C19H16N2O6S/c1-11-5-3-4-6-13(11)10-20-18(23)15(28-19(20)24)9-12-7-8-14(22)17(27-2)16(12)21(25)26/h3-9,22H,10H2,1-2H3/b15-9-. The van der Waals surface area contributed by atoms with Gasteiger partial charge in [0.25, 0.3) is 11.1 Å². The van der Waals surface area contributed by atoms with E-state index in [0.29, 0.717) is 11.8 Å². The largest absolute Gasteiger partial charge is 0.504 e. The molecule has 144 valence electrons. The summed E-state index contributed by atoms with van der Waals surface area (Å²) in [5.74, 6) is -1.23. The number of carbonyl (C=O) groups excluding carboxylic acids is 2. The van der Waals surface area contributed by atoms with E-state index in [-0.39, 0.29) is 28.5 Å². The van der Waals surface area contributed by atoms with Crippen molar-refractivity contribution in [2.75, 3.05) is 7.11 Å². The molecule has 0 saturated carbocycles. The second-order valence-corrected chi connectivity index (χ2v) is 7.00. The van der Waals surface area contributed by atoms with E-state index in [9.17, 15) is 24.8 Å². The Kier molecular flexibility index (Phi) is 5.36. The van der Waals surface area contributed by atoms with E-state index in [1.54, 1.807) is 0 Å². The molecule has 2 aromatic carbocycles. The predicted octanol–water partition coefficient (Wildman–Crippen LogP) is 3.85. The Hall–Kier alpha value is -3.33. The Morgan fingerprint density at radius 2 is 1.96 bits per heavy atom. The molecule has 28 heavy (non-hydrogen) atoms. The third kappa shape index (κ3) is 3.56. The van der Waals surface area contributed by atoms with Crippen molar-refractivity contribution >= 4 is 34.7 Å². The van der Waals surface area contributed by atoms with Crippen LogP contribution < -0.4 is 4.74 Å². The number of rotatable bonds is 5. The third-order valence-electron chi connectivity index (χ3n) is 4.28. The van der Waals surface area contributed by atoms with Crippen LogP contribution in [0.4, 0.5) is 10.5 Å². The second-order valence-electron chi connectivity index (χ2n) is 6.01. The number of hydrogen-bond acceptors (Lipinski definition) is 7. The molecular formula is C19H16N2O6S. The van der Waals surface area contributed by atoms with Crippen molar-refractivity contribution in [3.05, 3.63) is 68.1 Å².